The number of Topliss-reactive ketones (excluding diaryl/α,β-unsaturated/α-hetero) is 1. The number of carbonyl (C=O) groups is 1. The van der Waals surface area contributed by atoms with E-state index in [0.29, 0.717) is 5.56 Å². The Labute approximate surface area is 133 Å². The average Bonchev–Trinajstić information content (AvgIpc) is 2.59. The second-order valence-electron chi connectivity index (χ2n) is 5.48. The molecular weight excluding hydrogens is 296 g/mol. The second-order valence-corrected chi connectivity index (χ2v) is 5.48. The van der Waals surface area contributed by atoms with E-state index in [2.05, 4.69) is 4.98 Å². The minimum Gasteiger partial charge on any atom is -0.477 e. The van der Waals surface area contributed by atoms with Crippen molar-refractivity contribution in [2.45, 2.75) is 25.7 Å². The molecule has 0 radical (unpaired) electrons. The molecule has 1 aromatic heterocycles. The zero-order valence-electron chi connectivity index (χ0n) is 12.5. The topological polar surface area (TPSA) is 82.3 Å². The highest BCUT2D eigenvalue weighted by Crippen LogP contribution is 2.24. The van der Waals surface area contributed by atoms with E-state index in [1.165, 1.54) is 35.9 Å². The van der Waals surface area contributed by atoms with Gasteiger partial charge in [0.05, 0.1) is 0 Å². The highest BCUT2D eigenvalue weighted by atomic mass is 16.6. The van der Waals surface area contributed by atoms with E-state index in [9.17, 15) is 14.9 Å². The van der Waals surface area contributed by atoms with Gasteiger partial charge in [-0.2, -0.15) is 0 Å². The summed E-state index contributed by atoms with van der Waals surface area (Å²) in [6.07, 6.45) is 5.70. The number of ether oxygens (including phenoxy) is 1. The summed E-state index contributed by atoms with van der Waals surface area (Å²) < 4.78 is 5.31. The normalized spacial score (nSPS) is 13.2. The third-order valence-electron chi connectivity index (χ3n) is 3.95. The number of carbonyl (C=O) groups excluding carboxylic acids is 1. The van der Waals surface area contributed by atoms with E-state index in [-0.39, 0.29) is 24.0 Å². The molecule has 0 unspecified atom stereocenters. The van der Waals surface area contributed by atoms with E-state index in [1.54, 1.807) is 6.07 Å². The lowest BCUT2D eigenvalue weighted by Crippen LogP contribution is -2.14. The number of nitrogens with zero attached hydrogens (tertiary/aromatic N) is 2. The Morgan fingerprint density at radius 3 is 2.78 bits per heavy atom. The highest BCUT2D eigenvalue weighted by molar-refractivity contribution is 5.97. The van der Waals surface area contributed by atoms with Crippen LogP contribution in [0.3, 0.4) is 0 Å². The number of pyridine rings is 1. The molecule has 0 atom stereocenters. The summed E-state index contributed by atoms with van der Waals surface area (Å²) in [5.74, 6) is -0.578. The van der Waals surface area contributed by atoms with Gasteiger partial charge < -0.3 is 14.9 Å². The van der Waals surface area contributed by atoms with Gasteiger partial charge in [-0.25, -0.2) is 0 Å². The fourth-order valence-electron chi connectivity index (χ4n) is 2.77. The van der Waals surface area contributed by atoms with Gasteiger partial charge in [-0.15, -0.1) is 0 Å². The number of benzene rings is 1. The molecule has 1 aliphatic rings. The Balaban J connectivity index is 1.72. The number of hydrogen-bond donors (Lipinski definition) is 0. The molecule has 0 aliphatic heterocycles. The fraction of sp³-hybridized carbons (Fsp3) is 0.294. The van der Waals surface area contributed by atoms with E-state index >= 15 is 0 Å². The van der Waals surface area contributed by atoms with Crippen LogP contribution in [-0.4, -0.2) is 22.3 Å². The lowest BCUT2D eigenvalue weighted by molar-refractivity contribution is -0.390. The van der Waals surface area contributed by atoms with Crippen LogP contribution in [0.2, 0.25) is 0 Å². The molecule has 0 amide bonds. The maximum Gasteiger partial charge on any atom is 0.406 e. The van der Waals surface area contributed by atoms with Crippen molar-refractivity contribution in [3.05, 3.63) is 63.3 Å². The zero-order valence-corrected chi connectivity index (χ0v) is 12.5. The smallest absolute Gasteiger partial charge is 0.406 e. The van der Waals surface area contributed by atoms with Crippen molar-refractivity contribution in [2.24, 2.45) is 0 Å². The molecule has 23 heavy (non-hydrogen) atoms. The van der Waals surface area contributed by atoms with Crippen LogP contribution in [0.25, 0.3) is 0 Å². The Morgan fingerprint density at radius 2 is 2.00 bits per heavy atom. The number of fused-ring (bicyclic) bond motifs is 1. The number of aromatic nitrogens is 1. The van der Waals surface area contributed by atoms with Crippen LogP contribution < -0.4 is 4.74 Å². The van der Waals surface area contributed by atoms with Gasteiger partial charge in [-0.3, -0.25) is 4.79 Å². The molecule has 0 bridgehead atoms. The van der Waals surface area contributed by atoms with Crippen LogP contribution in [0.1, 0.15) is 34.3 Å². The molecule has 1 aliphatic carbocycles. The predicted octanol–water partition coefficient (Wildman–Crippen LogP) is 3.13. The Kier molecular flexibility index (Phi) is 4.32. The van der Waals surface area contributed by atoms with Crippen molar-refractivity contribution in [3.8, 4) is 5.75 Å². The molecule has 0 saturated heterocycles. The Bertz CT molecular complexity index is 758. The van der Waals surface area contributed by atoms with Crippen molar-refractivity contribution in [1.29, 1.82) is 0 Å². The quantitative estimate of drug-likeness (QED) is 0.481. The van der Waals surface area contributed by atoms with Crippen LogP contribution in [0.5, 0.6) is 5.75 Å². The standard InChI is InChI=1S/C17H16N2O4/c20-15(11-23-16-6-3-9-18-17(16)19(21)22)14-8-7-12-4-1-2-5-13(12)10-14/h3,6-10H,1-2,4-5,11H2. The summed E-state index contributed by atoms with van der Waals surface area (Å²) in [6.45, 7) is -0.245. The number of rotatable bonds is 5. The van der Waals surface area contributed by atoms with Gasteiger partial charge >= 0.3 is 5.82 Å². The highest BCUT2D eigenvalue weighted by Gasteiger charge is 2.18. The summed E-state index contributed by atoms with van der Waals surface area (Å²) in [4.78, 5) is 26.2. The third-order valence-corrected chi connectivity index (χ3v) is 3.95. The number of hydrogen-bond acceptors (Lipinski definition) is 5. The molecule has 0 fully saturated rings. The Morgan fingerprint density at radius 1 is 1.22 bits per heavy atom. The minimum atomic E-state index is -0.626. The first kappa shape index (κ1) is 15.1. The summed E-state index contributed by atoms with van der Waals surface area (Å²) in [5, 5.41) is 10.9. The monoisotopic (exact) mass is 312 g/mol. The molecule has 6 nitrogen and oxygen atoms in total. The summed E-state index contributed by atoms with van der Waals surface area (Å²) in [7, 11) is 0. The van der Waals surface area contributed by atoms with Gasteiger partial charge in [-0.05, 0) is 64.9 Å². The van der Waals surface area contributed by atoms with Crippen LogP contribution in [0, 0.1) is 10.1 Å². The Hall–Kier alpha value is -2.76. The van der Waals surface area contributed by atoms with Gasteiger partial charge in [-0.1, -0.05) is 12.1 Å². The summed E-state index contributed by atoms with van der Waals surface area (Å²) in [5.41, 5.74) is 3.10. The molecular formula is C17H16N2O4. The summed E-state index contributed by atoms with van der Waals surface area (Å²) in [6, 6.07) is 8.68. The van der Waals surface area contributed by atoms with E-state index in [1.807, 2.05) is 12.1 Å². The fourth-order valence-corrected chi connectivity index (χ4v) is 2.77. The van der Waals surface area contributed by atoms with E-state index in [4.69, 9.17) is 4.74 Å². The minimum absolute atomic E-state index is 0.00353. The molecule has 1 heterocycles. The molecule has 3 rings (SSSR count). The van der Waals surface area contributed by atoms with Crippen LogP contribution in [0.15, 0.2) is 36.5 Å². The summed E-state index contributed by atoms with van der Waals surface area (Å²) >= 11 is 0. The van der Waals surface area contributed by atoms with Crippen molar-refractivity contribution in [2.75, 3.05) is 6.61 Å². The molecule has 0 spiro atoms. The van der Waals surface area contributed by atoms with Crippen molar-refractivity contribution in [1.82, 2.24) is 4.98 Å². The number of nitro groups is 1. The predicted molar refractivity (Wildman–Crippen MR) is 83.8 cm³/mol. The van der Waals surface area contributed by atoms with Crippen molar-refractivity contribution >= 4 is 11.6 Å². The van der Waals surface area contributed by atoms with E-state index < -0.39 is 4.92 Å². The first-order valence-corrected chi connectivity index (χ1v) is 7.52. The van der Waals surface area contributed by atoms with Gasteiger partial charge in [0.15, 0.2) is 12.4 Å². The molecule has 6 heteroatoms. The first-order chi connectivity index (χ1) is 11.1. The number of aryl methyl sites for hydroxylation is 2. The van der Waals surface area contributed by atoms with E-state index in [0.717, 1.165) is 19.3 Å². The molecule has 118 valence electrons. The second kappa shape index (κ2) is 6.56. The van der Waals surface area contributed by atoms with Crippen molar-refractivity contribution in [3.63, 3.8) is 0 Å². The van der Waals surface area contributed by atoms with Gasteiger partial charge in [0.2, 0.25) is 5.75 Å². The average molecular weight is 312 g/mol. The SMILES string of the molecule is O=C(COc1cccnc1[N+](=O)[O-])c1ccc2c(c1)CCCC2. The van der Waals surface area contributed by atoms with Crippen molar-refractivity contribution < 1.29 is 14.5 Å². The molecule has 1 aromatic carbocycles. The third kappa shape index (κ3) is 3.36. The lowest BCUT2D eigenvalue weighted by Gasteiger charge is -2.16. The first-order valence-electron chi connectivity index (χ1n) is 7.52. The van der Waals surface area contributed by atoms with Gasteiger partial charge in [0, 0.05) is 5.56 Å². The van der Waals surface area contributed by atoms with Gasteiger partial charge in [0.25, 0.3) is 0 Å². The number of ketones is 1. The molecule has 0 N–H and O–H groups in total. The molecule has 2 aromatic rings. The van der Waals surface area contributed by atoms with Gasteiger partial charge in [0.1, 0.15) is 6.20 Å². The lowest BCUT2D eigenvalue weighted by atomic mass is 9.90. The maximum absolute atomic E-state index is 12.3. The van der Waals surface area contributed by atoms with Crippen LogP contribution in [0.4, 0.5) is 5.82 Å². The molecule has 0 saturated carbocycles. The maximum atomic E-state index is 12.3. The largest absolute Gasteiger partial charge is 0.477 e. The zero-order chi connectivity index (χ0) is 16.2. The van der Waals surface area contributed by atoms with Crippen LogP contribution in [-0.2, 0) is 12.8 Å². The van der Waals surface area contributed by atoms with Crippen LogP contribution >= 0.6 is 0 Å².